The second-order valence-corrected chi connectivity index (χ2v) is 5.84. The van der Waals surface area contributed by atoms with E-state index >= 15 is 0 Å². The van der Waals surface area contributed by atoms with E-state index in [-0.39, 0.29) is 24.9 Å². The summed E-state index contributed by atoms with van der Waals surface area (Å²) in [6.45, 7) is 2.25. The molecule has 6 nitrogen and oxygen atoms in total. The summed E-state index contributed by atoms with van der Waals surface area (Å²) in [4.78, 5) is 23.5. The zero-order valence-electron chi connectivity index (χ0n) is 11.0. The van der Waals surface area contributed by atoms with Crippen LogP contribution in [0.2, 0.25) is 0 Å². The van der Waals surface area contributed by atoms with E-state index < -0.39 is 11.9 Å². The average molecular weight is 270 g/mol. The largest absolute Gasteiger partial charge is 0.481 e. The monoisotopic (exact) mass is 270 g/mol. The van der Waals surface area contributed by atoms with Gasteiger partial charge in [0.1, 0.15) is 0 Å². The van der Waals surface area contributed by atoms with Crippen molar-refractivity contribution in [2.45, 2.75) is 31.7 Å². The predicted octanol–water partition coefficient (Wildman–Crippen LogP) is 0.236. The van der Waals surface area contributed by atoms with Crippen LogP contribution in [0, 0.1) is 11.8 Å². The fourth-order valence-corrected chi connectivity index (χ4v) is 2.82. The van der Waals surface area contributed by atoms with E-state index in [4.69, 9.17) is 10.2 Å². The fourth-order valence-electron chi connectivity index (χ4n) is 2.82. The zero-order valence-corrected chi connectivity index (χ0v) is 11.0. The van der Waals surface area contributed by atoms with Gasteiger partial charge in [-0.2, -0.15) is 0 Å². The minimum Gasteiger partial charge on any atom is -0.481 e. The number of hydrogen-bond donors (Lipinski definition) is 3. The van der Waals surface area contributed by atoms with Crippen molar-refractivity contribution >= 4 is 11.9 Å². The lowest BCUT2D eigenvalue weighted by molar-refractivity contribution is -0.139. The summed E-state index contributed by atoms with van der Waals surface area (Å²) >= 11 is 0. The topological polar surface area (TPSA) is 89.9 Å². The van der Waals surface area contributed by atoms with Gasteiger partial charge >= 0.3 is 11.9 Å². The molecule has 1 saturated carbocycles. The third-order valence-electron chi connectivity index (χ3n) is 3.83. The van der Waals surface area contributed by atoms with E-state index in [9.17, 15) is 9.59 Å². The first-order valence-electron chi connectivity index (χ1n) is 6.92. The molecule has 1 heterocycles. The highest BCUT2D eigenvalue weighted by Gasteiger charge is 2.30. The normalized spacial score (nSPS) is 28.2. The number of nitrogens with one attached hydrogen (secondary N) is 1. The Morgan fingerprint density at radius 3 is 2.42 bits per heavy atom. The van der Waals surface area contributed by atoms with E-state index in [0.717, 1.165) is 18.9 Å². The minimum atomic E-state index is -0.850. The molecule has 0 aromatic heterocycles. The molecule has 6 heteroatoms. The smallest absolute Gasteiger partial charge is 0.317 e. The van der Waals surface area contributed by atoms with E-state index in [0.29, 0.717) is 13.1 Å². The SMILES string of the molecule is O=C(O)CC1CC(NCC2CC2)CN(CC(=O)O)C1. The van der Waals surface area contributed by atoms with Crippen LogP contribution in [0.4, 0.5) is 0 Å². The quantitative estimate of drug-likeness (QED) is 0.614. The summed E-state index contributed by atoms with van der Waals surface area (Å²) in [5, 5.41) is 21.2. The Hall–Kier alpha value is -1.14. The molecular formula is C13H22N2O4. The summed E-state index contributed by atoms with van der Waals surface area (Å²) in [5.74, 6) is -0.838. The molecule has 2 atom stereocenters. The van der Waals surface area contributed by atoms with Crippen LogP contribution in [0.25, 0.3) is 0 Å². The Balaban J connectivity index is 1.85. The second-order valence-electron chi connectivity index (χ2n) is 5.84. The molecule has 0 aromatic rings. The number of rotatable bonds is 7. The van der Waals surface area contributed by atoms with Gasteiger partial charge in [-0.15, -0.1) is 0 Å². The highest BCUT2D eigenvalue weighted by atomic mass is 16.4. The molecule has 19 heavy (non-hydrogen) atoms. The van der Waals surface area contributed by atoms with Crippen molar-refractivity contribution in [2.75, 3.05) is 26.2 Å². The highest BCUT2D eigenvalue weighted by Crippen LogP contribution is 2.28. The average Bonchev–Trinajstić information content (AvgIpc) is 3.07. The van der Waals surface area contributed by atoms with E-state index in [1.807, 2.05) is 4.90 Å². The number of hydrogen-bond acceptors (Lipinski definition) is 4. The Bertz CT molecular complexity index is 320. The molecule has 2 aliphatic rings. The molecule has 2 fully saturated rings. The molecular weight excluding hydrogens is 248 g/mol. The van der Waals surface area contributed by atoms with Crippen LogP contribution in [0.3, 0.4) is 0 Å². The number of carboxylic acids is 2. The van der Waals surface area contributed by atoms with Crippen LogP contribution in [0.5, 0.6) is 0 Å². The Morgan fingerprint density at radius 2 is 1.84 bits per heavy atom. The Labute approximate surface area is 112 Å². The van der Waals surface area contributed by atoms with E-state index in [1.54, 1.807) is 0 Å². The first-order chi connectivity index (χ1) is 9.02. The third kappa shape index (κ3) is 5.16. The van der Waals surface area contributed by atoms with Gasteiger partial charge < -0.3 is 15.5 Å². The maximum atomic E-state index is 10.8. The predicted molar refractivity (Wildman–Crippen MR) is 69.0 cm³/mol. The molecule has 1 aliphatic heterocycles. The number of piperidine rings is 1. The third-order valence-corrected chi connectivity index (χ3v) is 3.83. The molecule has 108 valence electrons. The lowest BCUT2D eigenvalue weighted by Crippen LogP contribution is -2.51. The standard InChI is InChI=1S/C13H22N2O4/c16-12(17)4-10-3-11(14-5-9-1-2-9)7-15(6-10)8-13(18)19/h9-11,14H,1-8H2,(H,16,17)(H,18,19). The Kier molecular flexibility index (Phi) is 4.76. The van der Waals surface area contributed by atoms with Gasteiger partial charge in [-0.05, 0) is 37.6 Å². The van der Waals surface area contributed by atoms with Gasteiger partial charge in [-0.25, -0.2) is 0 Å². The van der Waals surface area contributed by atoms with Crippen LogP contribution in [-0.2, 0) is 9.59 Å². The number of carbonyl (C=O) groups is 2. The lowest BCUT2D eigenvalue weighted by atomic mass is 9.91. The van der Waals surface area contributed by atoms with Crippen LogP contribution in [0.15, 0.2) is 0 Å². The molecule has 0 aromatic carbocycles. The molecule has 0 bridgehead atoms. The molecule has 1 aliphatic carbocycles. The number of likely N-dealkylation sites (tertiary alicyclic amines) is 1. The zero-order chi connectivity index (χ0) is 13.8. The second kappa shape index (κ2) is 6.34. The van der Waals surface area contributed by atoms with Crippen LogP contribution < -0.4 is 5.32 Å². The molecule has 3 N–H and O–H groups in total. The summed E-state index contributed by atoms with van der Waals surface area (Å²) in [5.41, 5.74) is 0. The lowest BCUT2D eigenvalue weighted by Gasteiger charge is -2.37. The van der Waals surface area contributed by atoms with Gasteiger partial charge in [0.15, 0.2) is 0 Å². The van der Waals surface area contributed by atoms with Crippen LogP contribution in [0.1, 0.15) is 25.7 Å². The van der Waals surface area contributed by atoms with Crippen LogP contribution in [-0.4, -0.2) is 59.3 Å². The van der Waals surface area contributed by atoms with Gasteiger partial charge in [0.05, 0.1) is 6.54 Å². The Morgan fingerprint density at radius 1 is 1.11 bits per heavy atom. The van der Waals surface area contributed by atoms with Gasteiger partial charge in [0, 0.05) is 25.6 Å². The van der Waals surface area contributed by atoms with Gasteiger partial charge in [-0.3, -0.25) is 14.5 Å². The molecule has 0 spiro atoms. The number of nitrogens with zero attached hydrogens (tertiary/aromatic N) is 1. The maximum absolute atomic E-state index is 10.8. The maximum Gasteiger partial charge on any atom is 0.317 e. The van der Waals surface area contributed by atoms with Crippen molar-refractivity contribution in [3.8, 4) is 0 Å². The van der Waals surface area contributed by atoms with Crippen molar-refractivity contribution in [1.29, 1.82) is 0 Å². The first-order valence-corrected chi connectivity index (χ1v) is 6.92. The summed E-state index contributed by atoms with van der Waals surface area (Å²) in [6.07, 6.45) is 3.50. The molecule has 0 amide bonds. The molecule has 2 rings (SSSR count). The van der Waals surface area contributed by atoms with E-state index in [1.165, 1.54) is 12.8 Å². The number of aliphatic carboxylic acids is 2. The van der Waals surface area contributed by atoms with Crippen molar-refractivity contribution in [3.63, 3.8) is 0 Å². The molecule has 0 radical (unpaired) electrons. The highest BCUT2D eigenvalue weighted by molar-refractivity contribution is 5.69. The van der Waals surface area contributed by atoms with Crippen molar-refractivity contribution in [2.24, 2.45) is 11.8 Å². The van der Waals surface area contributed by atoms with Crippen molar-refractivity contribution < 1.29 is 19.8 Å². The summed E-state index contributed by atoms with van der Waals surface area (Å²) in [6, 6.07) is 0.220. The van der Waals surface area contributed by atoms with Crippen molar-refractivity contribution in [3.05, 3.63) is 0 Å². The first kappa shape index (κ1) is 14.3. The molecule has 2 unspecified atom stereocenters. The fraction of sp³-hybridized carbons (Fsp3) is 0.846. The summed E-state index contributed by atoms with van der Waals surface area (Å²) < 4.78 is 0. The van der Waals surface area contributed by atoms with Gasteiger partial charge in [-0.1, -0.05) is 0 Å². The van der Waals surface area contributed by atoms with Crippen molar-refractivity contribution in [1.82, 2.24) is 10.2 Å². The number of carboxylic acid groups (broad SMARTS) is 2. The van der Waals surface area contributed by atoms with Crippen LogP contribution >= 0.6 is 0 Å². The minimum absolute atomic E-state index is 0.00225. The van der Waals surface area contributed by atoms with E-state index in [2.05, 4.69) is 5.32 Å². The van der Waals surface area contributed by atoms with Gasteiger partial charge in [0.2, 0.25) is 0 Å². The summed E-state index contributed by atoms with van der Waals surface area (Å²) in [7, 11) is 0. The molecule has 1 saturated heterocycles. The van der Waals surface area contributed by atoms with Gasteiger partial charge in [0.25, 0.3) is 0 Å².